The third-order valence-electron chi connectivity index (χ3n) is 7.77. The smallest absolute Gasteiger partial charge is 0.233 e. The van der Waals surface area contributed by atoms with Gasteiger partial charge in [0.25, 0.3) is 0 Å². The molecule has 1 saturated heterocycles. The van der Waals surface area contributed by atoms with E-state index in [-0.39, 0.29) is 17.7 Å². The van der Waals surface area contributed by atoms with Gasteiger partial charge < -0.3 is 9.80 Å². The molecule has 2 fully saturated rings. The maximum atomic E-state index is 14.2. The van der Waals surface area contributed by atoms with Crippen LogP contribution in [0.2, 0.25) is 0 Å². The van der Waals surface area contributed by atoms with E-state index >= 15 is 0 Å². The maximum absolute atomic E-state index is 14.2. The Morgan fingerprint density at radius 2 is 1.65 bits per heavy atom. The van der Waals surface area contributed by atoms with E-state index in [2.05, 4.69) is 40.2 Å². The molecule has 0 bridgehead atoms. The summed E-state index contributed by atoms with van der Waals surface area (Å²) in [7, 11) is 0. The molecule has 1 aromatic heterocycles. The lowest BCUT2D eigenvalue weighted by molar-refractivity contribution is -0.138. The van der Waals surface area contributed by atoms with Gasteiger partial charge >= 0.3 is 0 Å². The van der Waals surface area contributed by atoms with E-state index in [1.54, 1.807) is 6.92 Å². The fourth-order valence-electron chi connectivity index (χ4n) is 6.03. The van der Waals surface area contributed by atoms with Crippen LogP contribution in [0.15, 0.2) is 66.9 Å². The summed E-state index contributed by atoms with van der Waals surface area (Å²) in [6, 6.07) is 20.7. The first-order chi connectivity index (χ1) is 16.6. The summed E-state index contributed by atoms with van der Waals surface area (Å²) in [5, 5.41) is 1.15. The largest absolute Gasteiger partial charge is 0.341 e. The number of nitrogens with zero attached hydrogens (tertiary/aromatic N) is 3. The lowest BCUT2D eigenvalue weighted by atomic mass is 9.77. The highest BCUT2D eigenvalue weighted by Gasteiger charge is 2.45. The molecular formula is C29H33N3O2. The Morgan fingerprint density at radius 3 is 2.41 bits per heavy atom. The Morgan fingerprint density at radius 1 is 0.912 bits per heavy atom. The van der Waals surface area contributed by atoms with E-state index in [1.807, 2.05) is 41.4 Å². The van der Waals surface area contributed by atoms with Crippen LogP contribution in [-0.2, 0) is 21.4 Å². The Bertz CT molecular complexity index is 1160. The van der Waals surface area contributed by atoms with Gasteiger partial charge in [-0.05, 0) is 48.4 Å². The molecule has 5 heteroatoms. The molecule has 34 heavy (non-hydrogen) atoms. The highest BCUT2D eigenvalue weighted by atomic mass is 16.2. The normalized spacial score (nSPS) is 20.3. The van der Waals surface area contributed by atoms with Gasteiger partial charge in [-0.3, -0.25) is 14.6 Å². The Labute approximate surface area is 201 Å². The zero-order valence-corrected chi connectivity index (χ0v) is 20.0. The molecule has 176 valence electrons. The highest BCUT2D eigenvalue weighted by molar-refractivity contribution is 5.89. The average Bonchev–Trinajstić information content (AvgIpc) is 3.27. The van der Waals surface area contributed by atoms with Gasteiger partial charge in [-0.15, -0.1) is 0 Å². The van der Waals surface area contributed by atoms with E-state index in [0.717, 1.165) is 48.6 Å². The van der Waals surface area contributed by atoms with Crippen LogP contribution in [-0.4, -0.2) is 52.8 Å². The molecule has 2 aliphatic rings. The molecule has 2 aromatic carbocycles. The van der Waals surface area contributed by atoms with Gasteiger partial charge in [0.05, 0.1) is 10.9 Å². The van der Waals surface area contributed by atoms with Crippen molar-refractivity contribution in [2.75, 3.05) is 26.2 Å². The van der Waals surface area contributed by atoms with Crippen LogP contribution < -0.4 is 0 Å². The van der Waals surface area contributed by atoms with Crippen LogP contribution >= 0.6 is 0 Å². The molecule has 0 spiro atoms. The van der Waals surface area contributed by atoms with Crippen LogP contribution in [0, 0.1) is 5.92 Å². The van der Waals surface area contributed by atoms with E-state index in [0.29, 0.717) is 26.2 Å². The third kappa shape index (κ3) is 4.31. The number of fused-ring (bicyclic) bond motifs is 1. The fourth-order valence-corrected chi connectivity index (χ4v) is 6.03. The first-order valence-corrected chi connectivity index (χ1v) is 12.5. The summed E-state index contributed by atoms with van der Waals surface area (Å²) < 4.78 is 0. The molecule has 1 atom stereocenters. The van der Waals surface area contributed by atoms with Gasteiger partial charge in [0.2, 0.25) is 11.8 Å². The number of carbonyl (C=O) groups is 2. The molecular weight excluding hydrogens is 422 g/mol. The molecule has 0 radical (unpaired) electrons. The summed E-state index contributed by atoms with van der Waals surface area (Å²) in [6.07, 6.45) is 6.61. The number of pyridine rings is 1. The molecule has 0 N–H and O–H groups in total. The monoisotopic (exact) mass is 455 g/mol. The van der Waals surface area contributed by atoms with Crippen molar-refractivity contribution in [3.8, 4) is 0 Å². The number of benzene rings is 2. The summed E-state index contributed by atoms with van der Waals surface area (Å²) >= 11 is 0. The lowest BCUT2D eigenvalue weighted by Crippen LogP contribution is -2.48. The second-order valence-electron chi connectivity index (χ2n) is 9.93. The molecule has 1 aliphatic carbocycles. The number of rotatable bonds is 4. The van der Waals surface area contributed by atoms with E-state index in [9.17, 15) is 9.59 Å². The van der Waals surface area contributed by atoms with Crippen LogP contribution in [0.1, 0.15) is 43.7 Å². The molecule has 1 saturated carbocycles. The highest BCUT2D eigenvalue weighted by Crippen LogP contribution is 2.43. The topological polar surface area (TPSA) is 53.5 Å². The number of amides is 2. The lowest BCUT2D eigenvalue weighted by Gasteiger charge is -2.35. The summed E-state index contributed by atoms with van der Waals surface area (Å²) in [5.41, 5.74) is 2.92. The van der Waals surface area contributed by atoms with Gasteiger partial charge in [0, 0.05) is 44.7 Å². The van der Waals surface area contributed by atoms with Gasteiger partial charge in [-0.25, -0.2) is 0 Å². The van der Waals surface area contributed by atoms with E-state index in [1.165, 1.54) is 5.56 Å². The van der Waals surface area contributed by atoms with Crippen molar-refractivity contribution in [3.63, 3.8) is 0 Å². The molecule has 2 heterocycles. The molecule has 1 aliphatic heterocycles. The third-order valence-corrected chi connectivity index (χ3v) is 7.77. The Hall–Kier alpha value is -3.21. The Kier molecular flexibility index (Phi) is 6.36. The first kappa shape index (κ1) is 22.6. The molecule has 3 aromatic rings. The van der Waals surface area contributed by atoms with Gasteiger partial charge in [-0.2, -0.15) is 0 Å². The zero-order valence-electron chi connectivity index (χ0n) is 20.0. The van der Waals surface area contributed by atoms with Crippen LogP contribution in [0.25, 0.3) is 10.9 Å². The van der Waals surface area contributed by atoms with Crippen molar-refractivity contribution in [3.05, 3.63) is 78.0 Å². The SMILES string of the molecule is CC(=O)N1CCN(C(=O)C2(c3ccccc3)CCCC2)CC(Cc2cccc3ncccc23)C1. The van der Waals surface area contributed by atoms with Crippen molar-refractivity contribution in [2.45, 2.75) is 44.4 Å². The molecule has 5 nitrogen and oxygen atoms in total. The zero-order chi connectivity index (χ0) is 23.5. The number of carbonyl (C=O) groups excluding carboxylic acids is 2. The minimum absolute atomic E-state index is 0.0810. The second kappa shape index (κ2) is 9.57. The maximum Gasteiger partial charge on any atom is 0.233 e. The van der Waals surface area contributed by atoms with Crippen molar-refractivity contribution in [2.24, 2.45) is 5.92 Å². The molecule has 5 rings (SSSR count). The standard InChI is InChI=1S/C29H33N3O2/c1-22(33)31-17-18-32(28(34)29(14-5-6-15-29)25-10-3-2-4-11-25)21-23(20-31)19-24-9-7-13-27-26(24)12-8-16-30-27/h2-4,7-13,16,23H,5-6,14-15,17-21H2,1H3. The predicted molar refractivity (Wildman–Crippen MR) is 134 cm³/mol. The van der Waals surface area contributed by atoms with Crippen molar-refractivity contribution in [1.82, 2.24) is 14.8 Å². The number of hydrogen-bond donors (Lipinski definition) is 0. The summed E-state index contributed by atoms with van der Waals surface area (Å²) in [4.78, 5) is 35.1. The number of aromatic nitrogens is 1. The summed E-state index contributed by atoms with van der Waals surface area (Å²) in [5.74, 6) is 0.499. The van der Waals surface area contributed by atoms with Crippen LogP contribution in [0.4, 0.5) is 0 Å². The minimum atomic E-state index is -0.430. The van der Waals surface area contributed by atoms with Crippen LogP contribution in [0.5, 0.6) is 0 Å². The van der Waals surface area contributed by atoms with Gasteiger partial charge in [0.15, 0.2) is 0 Å². The van der Waals surface area contributed by atoms with Crippen LogP contribution in [0.3, 0.4) is 0 Å². The van der Waals surface area contributed by atoms with Crippen molar-refractivity contribution in [1.29, 1.82) is 0 Å². The van der Waals surface area contributed by atoms with Gasteiger partial charge in [-0.1, -0.05) is 61.4 Å². The quantitative estimate of drug-likeness (QED) is 0.578. The fraction of sp³-hybridized carbons (Fsp3) is 0.414. The average molecular weight is 456 g/mol. The summed E-state index contributed by atoms with van der Waals surface area (Å²) in [6.45, 7) is 4.18. The predicted octanol–water partition coefficient (Wildman–Crippen LogP) is 4.60. The van der Waals surface area contributed by atoms with Crippen molar-refractivity contribution >= 4 is 22.7 Å². The molecule has 2 amide bonds. The number of hydrogen-bond acceptors (Lipinski definition) is 3. The van der Waals surface area contributed by atoms with E-state index in [4.69, 9.17) is 0 Å². The molecule has 1 unspecified atom stereocenters. The Balaban J connectivity index is 1.45. The van der Waals surface area contributed by atoms with Crippen molar-refractivity contribution < 1.29 is 9.59 Å². The van der Waals surface area contributed by atoms with Gasteiger partial charge in [0.1, 0.15) is 0 Å². The van der Waals surface area contributed by atoms with E-state index < -0.39 is 5.41 Å². The second-order valence-corrected chi connectivity index (χ2v) is 9.93. The minimum Gasteiger partial charge on any atom is -0.341 e. The first-order valence-electron chi connectivity index (χ1n) is 12.5.